The summed E-state index contributed by atoms with van der Waals surface area (Å²) < 4.78 is 11.0. The number of rotatable bonds is 7. The van der Waals surface area contributed by atoms with E-state index in [1.807, 2.05) is 6.07 Å². The summed E-state index contributed by atoms with van der Waals surface area (Å²) >= 11 is 0. The van der Waals surface area contributed by atoms with Crippen molar-refractivity contribution in [1.29, 1.82) is 0 Å². The van der Waals surface area contributed by atoms with Gasteiger partial charge in [0.1, 0.15) is 5.60 Å². The van der Waals surface area contributed by atoms with Crippen molar-refractivity contribution in [2.24, 2.45) is 11.3 Å². The van der Waals surface area contributed by atoms with E-state index in [9.17, 15) is 5.11 Å². The first kappa shape index (κ1) is 24.1. The van der Waals surface area contributed by atoms with Crippen molar-refractivity contribution in [1.82, 2.24) is 20.0 Å². The molecule has 0 bridgehead atoms. The Morgan fingerprint density at radius 2 is 1.83 bits per heavy atom. The van der Waals surface area contributed by atoms with Crippen molar-refractivity contribution in [2.45, 2.75) is 51.6 Å². The van der Waals surface area contributed by atoms with Crippen LogP contribution < -0.4 is 0 Å². The van der Waals surface area contributed by atoms with Gasteiger partial charge in [-0.3, -0.25) is 4.98 Å². The second kappa shape index (κ2) is 9.45. The summed E-state index contributed by atoms with van der Waals surface area (Å²) in [5, 5.41) is 16.7. The number of hydrogen-bond donors (Lipinski definition) is 1. The van der Waals surface area contributed by atoms with Crippen molar-refractivity contribution in [3.8, 4) is 11.4 Å². The highest BCUT2D eigenvalue weighted by atomic mass is 16.5. The molecule has 2 saturated heterocycles. The van der Waals surface area contributed by atoms with Crippen LogP contribution in [0.25, 0.3) is 11.4 Å². The van der Waals surface area contributed by atoms with Crippen molar-refractivity contribution >= 4 is 0 Å². The molecule has 0 saturated carbocycles. The molecule has 35 heavy (non-hydrogen) atoms. The molecule has 5 rings (SSSR count). The van der Waals surface area contributed by atoms with Gasteiger partial charge in [0.05, 0.1) is 0 Å². The SMILES string of the molecule is CC(C)c1ccc([C@](O)(c2cncc(-c3noc(CC4CCOCC4)n3)c2)C2(C)CN(C)C2)cc1. The fraction of sp³-hybridized carbons (Fsp3) is 0.536. The quantitative estimate of drug-likeness (QED) is 0.541. The Bertz CT molecular complexity index is 1150. The monoisotopic (exact) mass is 476 g/mol. The molecule has 4 heterocycles. The molecule has 2 aliphatic heterocycles. The van der Waals surface area contributed by atoms with E-state index in [2.05, 4.69) is 72.1 Å². The minimum Gasteiger partial charge on any atom is -0.381 e. The van der Waals surface area contributed by atoms with Gasteiger partial charge in [-0.2, -0.15) is 4.98 Å². The topological polar surface area (TPSA) is 84.5 Å². The Morgan fingerprint density at radius 1 is 1.11 bits per heavy atom. The second-order valence-electron chi connectivity index (χ2n) is 11.0. The maximum absolute atomic E-state index is 12.4. The molecule has 2 aromatic heterocycles. The number of pyridine rings is 1. The first-order chi connectivity index (χ1) is 16.8. The van der Waals surface area contributed by atoms with E-state index in [1.165, 1.54) is 5.56 Å². The van der Waals surface area contributed by atoms with Crippen molar-refractivity contribution < 1.29 is 14.4 Å². The lowest BCUT2D eigenvalue weighted by Gasteiger charge is -2.55. The molecule has 186 valence electrons. The van der Waals surface area contributed by atoms with Gasteiger partial charge in [-0.05, 0) is 48.9 Å². The molecule has 2 aliphatic rings. The summed E-state index contributed by atoms with van der Waals surface area (Å²) in [4.78, 5) is 11.4. The van der Waals surface area contributed by atoms with E-state index in [0.29, 0.717) is 23.6 Å². The maximum Gasteiger partial charge on any atom is 0.227 e. The van der Waals surface area contributed by atoms with Gasteiger partial charge in [-0.1, -0.05) is 50.2 Å². The van der Waals surface area contributed by atoms with Crippen LogP contribution in [0, 0.1) is 11.3 Å². The number of likely N-dealkylation sites (tertiary alicyclic amines) is 1. The average molecular weight is 477 g/mol. The number of hydrogen-bond acceptors (Lipinski definition) is 7. The predicted octanol–water partition coefficient (Wildman–Crippen LogP) is 4.41. The Kier molecular flexibility index (Phi) is 6.51. The van der Waals surface area contributed by atoms with Gasteiger partial charge in [0.2, 0.25) is 11.7 Å². The van der Waals surface area contributed by atoms with E-state index in [-0.39, 0.29) is 5.41 Å². The van der Waals surface area contributed by atoms with Gasteiger partial charge in [-0.25, -0.2) is 0 Å². The zero-order valence-electron chi connectivity index (χ0n) is 21.2. The van der Waals surface area contributed by atoms with Crippen LogP contribution in [0.3, 0.4) is 0 Å². The third-order valence-electron chi connectivity index (χ3n) is 7.79. The summed E-state index contributed by atoms with van der Waals surface area (Å²) in [7, 11) is 2.08. The van der Waals surface area contributed by atoms with E-state index >= 15 is 0 Å². The molecular formula is C28H36N4O3. The fourth-order valence-corrected chi connectivity index (χ4v) is 5.76. The van der Waals surface area contributed by atoms with Crippen LogP contribution in [0.15, 0.2) is 47.2 Å². The highest BCUT2D eigenvalue weighted by Gasteiger charge is 2.55. The van der Waals surface area contributed by atoms with Crippen LogP contribution >= 0.6 is 0 Å². The van der Waals surface area contributed by atoms with E-state index in [1.54, 1.807) is 12.4 Å². The zero-order chi connectivity index (χ0) is 24.6. The second-order valence-corrected chi connectivity index (χ2v) is 11.0. The lowest BCUT2D eigenvalue weighted by molar-refractivity contribution is -0.127. The largest absolute Gasteiger partial charge is 0.381 e. The summed E-state index contributed by atoms with van der Waals surface area (Å²) in [6.07, 6.45) is 6.31. The van der Waals surface area contributed by atoms with Gasteiger partial charge >= 0.3 is 0 Å². The van der Waals surface area contributed by atoms with E-state index in [0.717, 1.165) is 62.3 Å². The van der Waals surface area contributed by atoms with Crippen molar-refractivity contribution in [2.75, 3.05) is 33.4 Å². The molecule has 7 nitrogen and oxygen atoms in total. The summed E-state index contributed by atoms with van der Waals surface area (Å²) in [6, 6.07) is 10.3. The summed E-state index contributed by atoms with van der Waals surface area (Å²) in [5.74, 6) is 2.09. The average Bonchev–Trinajstić information content (AvgIpc) is 3.32. The number of aliphatic hydroxyl groups is 1. The van der Waals surface area contributed by atoms with Gasteiger partial charge in [0.25, 0.3) is 0 Å². The minimum atomic E-state index is -1.20. The Hall–Kier alpha value is -2.61. The lowest BCUT2D eigenvalue weighted by Crippen LogP contribution is -2.63. The summed E-state index contributed by atoms with van der Waals surface area (Å²) in [5.41, 5.74) is 2.07. The molecule has 2 fully saturated rings. The predicted molar refractivity (Wildman–Crippen MR) is 134 cm³/mol. The van der Waals surface area contributed by atoms with Crippen LogP contribution in [-0.4, -0.2) is 58.5 Å². The van der Waals surface area contributed by atoms with Gasteiger partial charge < -0.3 is 19.3 Å². The van der Waals surface area contributed by atoms with Crippen LogP contribution in [0.4, 0.5) is 0 Å². The molecule has 7 heteroatoms. The fourth-order valence-electron chi connectivity index (χ4n) is 5.76. The van der Waals surface area contributed by atoms with E-state index in [4.69, 9.17) is 9.26 Å². The highest BCUT2D eigenvalue weighted by Crippen LogP contribution is 2.50. The number of ether oxygens (including phenoxy) is 1. The number of nitrogens with zero attached hydrogens (tertiary/aromatic N) is 4. The van der Waals surface area contributed by atoms with E-state index < -0.39 is 5.60 Å². The van der Waals surface area contributed by atoms with Crippen molar-refractivity contribution in [3.63, 3.8) is 0 Å². The Morgan fingerprint density at radius 3 is 2.49 bits per heavy atom. The lowest BCUT2D eigenvalue weighted by atomic mass is 9.62. The molecule has 1 N–H and O–H groups in total. The first-order valence-corrected chi connectivity index (χ1v) is 12.7. The molecule has 3 aromatic rings. The normalized spacial score (nSPS) is 20.5. The zero-order valence-corrected chi connectivity index (χ0v) is 21.2. The van der Waals surface area contributed by atoms with Crippen LogP contribution in [-0.2, 0) is 16.8 Å². The van der Waals surface area contributed by atoms with Crippen molar-refractivity contribution in [3.05, 3.63) is 65.3 Å². The molecule has 0 radical (unpaired) electrons. The minimum absolute atomic E-state index is 0.354. The third kappa shape index (κ3) is 4.53. The first-order valence-electron chi connectivity index (χ1n) is 12.7. The maximum atomic E-state index is 12.4. The molecule has 0 unspecified atom stereocenters. The standard InChI is InChI=1S/C28H36N4O3/c1-19(2)21-5-7-23(8-6-21)28(33,27(3)17-32(4)18-27)24-14-22(15-29-16-24)26-30-25(35-31-26)13-20-9-11-34-12-10-20/h5-8,14-16,19-20,33H,9-13,17-18H2,1-4H3/t28-/m0/s1. The molecule has 0 spiro atoms. The molecule has 0 amide bonds. The molecule has 0 aliphatic carbocycles. The number of benzene rings is 1. The molecule has 1 atom stereocenters. The van der Waals surface area contributed by atoms with Gasteiger partial charge in [0, 0.05) is 61.7 Å². The third-order valence-corrected chi connectivity index (χ3v) is 7.79. The van der Waals surface area contributed by atoms with Gasteiger partial charge in [-0.15, -0.1) is 0 Å². The number of aromatic nitrogens is 3. The smallest absolute Gasteiger partial charge is 0.227 e. The molecular weight excluding hydrogens is 440 g/mol. The summed E-state index contributed by atoms with van der Waals surface area (Å²) in [6.45, 7) is 9.67. The van der Waals surface area contributed by atoms with Crippen LogP contribution in [0.5, 0.6) is 0 Å². The highest BCUT2D eigenvalue weighted by molar-refractivity contribution is 5.56. The Labute approximate surface area is 207 Å². The van der Waals surface area contributed by atoms with Crippen LogP contribution in [0.2, 0.25) is 0 Å². The molecule has 1 aromatic carbocycles. The van der Waals surface area contributed by atoms with Crippen LogP contribution in [0.1, 0.15) is 62.1 Å². The Balaban J connectivity index is 1.48. The van der Waals surface area contributed by atoms with Gasteiger partial charge in [0.15, 0.2) is 0 Å².